The number of hydrogen-bond donors (Lipinski definition) is 3. The Morgan fingerprint density at radius 2 is 2.06 bits per heavy atom. The van der Waals surface area contributed by atoms with Crippen molar-refractivity contribution >= 4 is 5.97 Å². The van der Waals surface area contributed by atoms with E-state index in [2.05, 4.69) is 0 Å². The summed E-state index contributed by atoms with van der Waals surface area (Å²) in [5, 5.41) is 18.2. The van der Waals surface area contributed by atoms with E-state index < -0.39 is 12.0 Å². The molecule has 0 aliphatic rings. The van der Waals surface area contributed by atoms with Crippen LogP contribution in [0.4, 0.5) is 0 Å². The van der Waals surface area contributed by atoms with Crippen LogP contribution in [0.5, 0.6) is 5.75 Å². The van der Waals surface area contributed by atoms with Crippen molar-refractivity contribution in [2.24, 2.45) is 11.7 Å². The van der Waals surface area contributed by atoms with Gasteiger partial charge in [0.05, 0.1) is 0 Å². The molecule has 0 fully saturated rings. The molecule has 94 valence electrons. The smallest absolute Gasteiger partial charge is 0.320 e. The molecule has 0 saturated heterocycles. The first kappa shape index (κ1) is 13.5. The summed E-state index contributed by atoms with van der Waals surface area (Å²) in [6.45, 7) is 3.98. The Labute approximate surface area is 101 Å². The minimum atomic E-state index is -0.972. The molecule has 0 amide bonds. The van der Waals surface area contributed by atoms with Crippen LogP contribution in [0.25, 0.3) is 0 Å². The van der Waals surface area contributed by atoms with Crippen LogP contribution in [0, 0.1) is 5.92 Å². The molecule has 0 bridgehead atoms. The van der Waals surface area contributed by atoms with E-state index >= 15 is 0 Å². The molecule has 3 atom stereocenters. The fourth-order valence-electron chi connectivity index (χ4n) is 1.84. The van der Waals surface area contributed by atoms with Crippen LogP contribution in [-0.2, 0) is 4.79 Å². The predicted octanol–water partition coefficient (Wildman–Crippen LogP) is 1.93. The molecule has 3 unspecified atom stereocenters. The lowest BCUT2D eigenvalue weighted by Gasteiger charge is -2.22. The molecule has 0 aliphatic carbocycles. The Kier molecular flexibility index (Phi) is 4.52. The van der Waals surface area contributed by atoms with E-state index in [0.717, 1.165) is 5.56 Å². The van der Waals surface area contributed by atoms with Crippen LogP contribution in [0.1, 0.15) is 31.7 Å². The summed E-state index contributed by atoms with van der Waals surface area (Å²) in [5.74, 6) is -0.445. The third kappa shape index (κ3) is 3.75. The van der Waals surface area contributed by atoms with E-state index in [9.17, 15) is 9.90 Å². The molecular weight excluding hydrogens is 218 g/mol. The fourth-order valence-corrected chi connectivity index (χ4v) is 1.84. The first-order chi connectivity index (χ1) is 7.91. The zero-order valence-corrected chi connectivity index (χ0v) is 10.1. The SMILES string of the molecule is CC(CC(N)C(=O)O)C(C)c1cccc(O)c1. The lowest BCUT2D eigenvalue weighted by molar-refractivity contribution is -0.138. The fraction of sp³-hybridized carbons (Fsp3) is 0.462. The molecule has 1 rings (SSSR count). The Hall–Kier alpha value is -1.55. The van der Waals surface area contributed by atoms with E-state index in [0.29, 0.717) is 6.42 Å². The van der Waals surface area contributed by atoms with Gasteiger partial charge in [-0.3, -0.25) is 4.79 Å². The van der Waals surface area contributed by atoms with Gasteiger partial charge in [0.2, 0.25) is 0 Å². The number of phenols is 1. The Morgan fingerprint density at radius 1 is 1.41 bits per heavy atom. The topological polar surface area (TPSA) is 83.6 Å². The Bertz CT molecular complexity index is 392. The van der Waals surface area contributed by atoms with Crippen molar-refractivity contribution in [1.82, 2.24) is 0 Å². The molecule has 0 heterocycles. The third-order valence-electron chi connectivity index (χ3n) is 3.19. The lowest BCUT2D eigenvalue weighted by atomic mass is 9.85. The predicted molar refractivity (Wildman–Crippen MR) is 65.9 cm³/mol. The summed E-state index contributed by atoms with van der Waals surface area (Å²) >= 11 is 0. The minimum absolute atomic E-state index is 0.142. The minimum Gasteiger partial charge on any atom is -0.508 e. The maximum absolute atomic E-state index is 10.7. The number of carboxylic acid groups (broad SMARTS) is 1. The van der Waals surface area contributed by atoms with Crippen LogP contribution < -0.4 is 5.73 Å². The molecule has 1 aromatic rings. The van der Waals surface area contributed by atoms with Gasteiger partial charge < -0.3 is 15.9 Å². The zero-order valence-electron chi connectivity index (χ0n) is 10.1. The molecule has 17 heavy (non-hydrogen) atoms. The highest BCUT2D eigenvalue weighted by molar-refractivity contribution is 5.73. The molecule has 4 N–H and O–H groups in total. The van der Waals surface area contributed by atoms with Crippen molar-refractivity contribution in [3.8, 4) is 5.75 Å². The van der Waals surface area contributed by atoms with Crippen LogP contribution in [0.15, 0.2) is 24.3 Å². The highest BCUT2D eigenvalue weighted by Crippen LogP contribution is 2.28. The van der Waals surface area contributed by atoms with Crippen LogP contribution in [0.3, 0.4) is 0 Å². The Balaban J connectivity index is 2.69. The van der Waals surface area contributed by atoms with E-state index in [1.165, 1.54) is 0 Å². The van der Waals surface area contributed by atoms with Crippen LogP contribution in [0.2, 0.25) is 0 Å². The second-order valence-corrected chi connectivity index (χ2v) is 4.54. The molecular formula is C13H19NO3. The molecule has 0 saturated carbocycles. The molecule has 4 heteroatoms. The number of carbonyl (C=O) groups is 1. The number of benzene rings is 1. The monoisotopic (exact) mass is 237 g/mol. The second-order valence-electron chi connectivity index (χ2n) is 4.54. The number of rotatable bonds is 5. The first-order valence-electron chi connectivity index (χ1n) is 5.69. The lowest BCUT2D eigenvalue weighted by Crippen LogP contribution is -2.32. The van der Waals surface area contributed by atoms with Crippen molar-refractivity contribution in [2.75, 3.05) is 0 Å². The second kappa shape index (κ2) is 5.68. The number of aliphatic carboxylic acids is 1. The zero-order chi connectivity index (χ0) is 13.0. The summed E-state index contributed by atoms with van der Waals surface area (Å²) in [5.41, 5.74) is 6.51. The van der Waals surface area contributed by atoms with Crippen molar-refractivity contribution in [2.45, 2.75) is 32.2 Å². The van der Waals surface area contributed by atoms with Crippen molar-refractivity contribution in [1.29, 1.82) is 0 Å². The summed E-state index contributed by atoms with van der Waals surface area (Å²) in [7, 11) is 0. The van der Waals surface area contributed by atoms with Gasteiger partial charge in [0, 0.05) is 0 Å². The molecule has 0 aliphatic heterocycles. The van der Waals surface area contributed by atoms with Crippen molar-refractivity contribution in [3.05, 3.63) is 29.8 Å². The average molecular weight is 237 g/mol. The van der Waals surface area contributed by atoms with Gasteiger partial charge in [0.1, 0.15) is 11.8 Å². The molecule has 0 spiro atoms. The standard InChI is InChI=1S/C13H19NO3/c1-8(6-12(14)13(16)17)9(2)10-4-3-5-11(15)7-10/h3-5,7-9,12,15H,6,14H2,1-2H3,(H,16,17). The number of hydrogen-bond acceptors (Lipinski definition) is 3. The highest BCUT2D eigenvalue weighted by Gasteiger charge is 2.21. The van der Waals surface area contributed by atoms with Gasteiger partial charge in [0.15, 0.2) is 0 Å². The highest BCUT2D eigenvalue weighted by atomic mass is 16.4. The quantitative estimate of drug-likeness (QED) is 0.730. The van der Waals surface area contributed by atoms with E-state index in [4.69, 9.17) is 10.8 Å². The van der Waals surface area contributed by atoms with Gasteiger partial charge in [-0.05, 0) is 36.0 Å². The van der Waals surface area contributed by atoms with Gasteiger partial charge in [-0.2, -0.15) is 0 Å². The van der Waals surface area contributed by atoms with Gasteiger partial charge in [-0.1, -0.05) is 26.0 Å². The van der Waals surface area contributed by atoms with Gasteiger partial charge >= 0.3 is 5.97 Å². The number of aromatic hydroxyl groups is 1. The summed E-state index contributed by atoms with van der Waals surface area (Å²) < 4.78 is 0. The summed E-state index contributed by atoms with van der Waals surface area (Å²) in [4.78, 5) is 10.7. The average Bonchev–Trinajstić information content (AvgIpc) is 2.27. The molecule has 1 aromatic carbocycles. The normalized spacial score (nSPS) is 16.2. The molecule has 0 aromatic heterocycles. The maximum atomic E-state index is 10.7. The largest absolute Gasteiger partial charge is 0.508 e. The van der Waals surface area contributed by atoms with Crippen molar-refractivity contribution in [3.63, 3.8) is 0 Å². The van der Waals surface area contributed by atoms with Crippen molar-refractivity contribution < 1.29 is 15.0 Å². The summed E-state index contributed by atoms with van der Waals surface area (Å²) in [6.07, 6.45) is 0.423. The number of carboxylic acids is 1. The van der Waals surface area contributed by atoms with E-state index in [1.54, 1.807) is 18.2 Å². The van der Waals surface area contributed by atoms with Gasteiger partial charge in [-0.15, -0.1) is 0 Å². The van der Waals surface area contributed by atoms with Gasteiger partial charge in [0.25, 0.3) is 0 Å². The Morgan fingerprint density at radius 3 is 2.59 bits per heavy atom. The number of nitrogens with two attached hydrogens (primary N) is 1. The van der Waals surface area contributed by atoms with Crippen LogP contribution >= 0.6 is 0 Å². The first-order valence-corrected chi connectivity index (χ1v) is 5.69. The number of phenolic OH excluding ortho intramolecular Hbond substituents is 1. The van der Waals surface area contributed by atoms with Crippen LogP contribution in [-0.4, -0.2) is 22.2 Å². The summed E-state index contributed by atoms with van der Waals surface area (Å²) in [6, 6.07) is 6.19. The molecule has 0 radical (unpaired) electrons. The third-order valence-corrected chi connectivity index (χ3v) is 3.19. The van der Waals surface area contributed by atoms with E-state index in [1.807, 2.05) is 19.9 Å². The van der Waals surface area contributed by atoms with E-state index in [-0.39, 0.29) is 17.6 Å². The molecule has 4 nitrogen and oxygen atoms in total. The van der Waals surface area contributed by atoms with Gasteiger partial charge in [-0.25, -0.2) is 0 Å². The maximum Gasteiger partial charge on any atom is 0.320 e.